The van der Waals surface area contributed by atoms with E-state index in [0.717, 1.165) is 6.07 Å². The molecule has 0 unspecified atom stereocenters. The summed E-state index contributed by atoms with van der Waals surface area (Å²) in [6.45, 7) is 2.23. The molecule has 1 aliphatic rings. The van der Waals surface area contributed by atoms with Crippen molar-refractivity contribution < 1.29 is 22.7 Å². The molecular weight excluding hydrogens is 447 g/mol. The Balaban J connectivity index is 1.49. The molecule has 10 heteroatoms. The molecule has 1 aromatic heterocycles. The summed E-state index contributed by atoms with van der Waals surface area (Å²) in [5.41, 5.74) is 1.32. The highest BCUT2D eigenvalue weighted by Crippen LogP contribution is 2.29. The van der Waals surface area contributed by atoms with Gasteiger partial charge in [0.25, 0.3) is 0 Å². The quantitative estimate of drug-likeness (QED) is 0.549. The Morgan fingerprint density at radius 1 is 1.09 bits per heavy atom. The summed E-state index contributed by atoms with van der Waals surface area (Å²) in [4.78, 5) is 14.9. The number of benzene rings is 2. The zero-order valence-corrected chi connectivity index (χ0v) is 18.9. The number of methoxy groups -OCH3 is 1. The third-order valence-corrected chi connectivity index (χ3v) is 5.97. The third-order valence-electron chi connectivity index (χ3n) is 5.97. The number of rotatable bonds is 7. The Hall–Kier alpha value is -3.37. The van der Waals surface area contributed by atoms with E-state index in [1.807, 2.05) is 0 Å². The Morgan fingerprint density at radius 3 is 2.62 bits per heavy atom. The molecule has 2 N–H and O–H groups in total. The molecule has 3 aromatic rings. The Bertz CT molecular complexity index is 1170. The number of ether oxygens (including phenoxy) is 1. The van der Waals surface area contributed by atoms with Crippen LogP contribution >= 0.6 is 0 Å². The number of urea groups is 1. The van der Waals surface area contributed by atoms with Gasteiger partial charge in [0.1, 0.15) is 11.6 Å². The van der Waals surface area contributed by atoms with E-state index in [-0.39, 0.29) is 12.0 Å². The lowest BCUT2D eigenvalue weighted by molar-refractivity contribution is 0.159. The lowest BCUT2D eigenvalue weighted by Crippen LogP contribution is -2.42. The van der Waals surface area contributed by atoms with Crippen LogP contribution in [0.3, 0.4) is 0 Å². The minimum atomic E-state index is -0.924. The first-order valence-corrected chi connectivity index (χ1v) is 10.9. The number of amides is 2. The summed E-state index contributed by atoms with van der Waals surface area (Å²) in [6, 6.07) is 10.8. The third kappa shape index (κ3) is 5.23. The molecule has 0 saturated carbocycles. The Kier molecular flexibility index (Phi) is 7.18. The fraction of sp³-hybridized carbons (Fsp3) is 0.333. The summed E-state index contributed by atoms with van der Waals surface area (Å²) >= 11 is 0. The first kappa shape index (κ1) is 23.8. The highest BCUT2D eigenvalue weighted by molar-refractivity contribution is 5.89. The van der Waals surface area contributed by atoms with Crippen LogP contribution in [0.4, 0.5) is 23.8 Å². The van der Waals surface area contributed by atoms with Crippen LogP contribution < -0.4 is 10.6 Å². The molecule has 2 atom stereocenters. The fourth-order valence-corrected chi connectivity index (χ4v) is 4.22. The fourth-order valence-electron chi connectivity index (χ4n) is 4.22. The van der Waals surface area contributed by atoms with E-state index in [1.165, 1.54) is 22.9 Å². The second-order valence-corrected chi connectivity index (χ2v) is 8.26. The van der Waals surface area contributed by atoms with Crippen molar-refractivity contribution in [2.24, 2.45) is 7.05 Å². The molecule has 7 nitrogen and oxygen atoms in total. The predicted octanol–water partition coefficient (Wildman–Crippen LogP) is 3.74. The lowest BCUT2D eigenvalue weighted by Gasteiger charge is -2.20. The zero-order valence-electron chi connectivity index (χ0n) is 18.9. The molecule has 0 aliphatic carbocycles. The number of nitrogens with one attached hydrogen (secondary N) is 2. The summed E-state index contributed by atoms with van der Waals surface area (Å²) in [5, 5.41) is 9.98. The van der Waals surface area contributed by atoms with Gasteiger partial charge in [0.15, 0.2) is 11.6 Å². The molecule has 2 aromatic carbocycles. The topological polar surface area (TPSA) is 71.4 Å². The van der Waals surface area contributed by atoms with E-state index in [0.29, 0.717) is 48.9 Å². The number of aryl methyl sites for hydroxylation is 1. The Labute approximate surface area is 195 Å². The largest absolute Gasteiger partial charge is 0.383 e. The van der Waals surface area contributed by atoms with Gasteiger partial charge in [0.05, 0.1) is 18.3 Å². The van der Waals surface area contributed by atoms with Crippen LogP contribution in [0.25, 0.3) is 11.3 Å². The van der Waals surface area contributed by atoms with Crippen LogP contribution in [0.15, 0.2) is 48.5 Å². The van der Waals surface area contributed by atoms with E-state index in [1.54, 1.807) is 38.4 Å². The smallest absolute Gasteiger partial charge is 0.320 e. The lowest BCUT2D eigenvalue weighted by atomic mass is 9.94. The van der Waals surface area contributed by atoms with Gasteiger partial charge >= 0.3 is 6.03 Å². The van der Waals surface area contributed by atoms with Crippen molar-refractivity contribution in [1.29, 1.82) is 0 Å². The van der Waals surface area contributed by atoms with E-state index in [4.69, 9.17) is 4.74 Å². The summed E-state index contributed by atoms with van der Waals surface area (Å²) in [6.07, 6.45) is 0. The average Bonchev–Trinajstić information content (AvgIpc) is 3.37. The van der Waals surface area contributed by atoms with Crippen molar-refractivity contribution in [2.45, 2.75) is 12.0 Å². The predicted molar refractivity (Wildman–Crippen MR) is 122 cm³/mol. The van der Waals surface area contributed by atoms with E-state index in [9.17, 15) is 18.0 Å². The van der Waals surface area contributed by atoms with Crippen molar-refractivity contribution >= 4 is 11.8 Å². The molecule has 4 rings (SSSR count). The molecule has 2 heterocycles. The van der Waals surface area contributed by atoms with Crippen LogP contribution in [0.1, 0.15) is 11.5 Å². The number of nitrogens with zero attached hydrogens (tertiary/aromatic N) is 3. The molecule has 0 bridgehead atoms. The maximum atomic E-state index is 14.1. The summed E-state index contributed by atoms with van der Waals surface area (Å²) < 4.78 is 48.1. The van der Waals surface area contributed by atoms with Gasteiger partial charge in [0.2, 0.25) is 0 Å². The monoisotopic (exact) mass is 473 g/mol. The average molecular weight is 473 g/mol. The van der Waals surface area contributed by atoms with Crippen LogP contribution in [0.2, 0.25) is 0 Å². The molecule has 0 spiro atoms. The molecular formula is C24H26F3N5O2. The molecule has 34 heavy (non-hydrogen) atoms. The maximum absolute atomic E-state index is 14.1. The van der Waals surface area contributed by atoms with Crippen molar-refractivity contribution in [3.05, 3.63) is 71.5 Å². The minimum absolute atomic E-state index is 0.238. The highest BCUT2D eigenvalue weighted by atomic mass is 19.2. The number of aromatic nitrogens is 2. The highest BCUT2D eigenvalue weighted by Gasteiger charge is 2.35. The molecule has 1 aliphatic heterocycles. The van der Waals surface area contributed by atoms with Gasteiger partial charge in [-0.2, -0.15) is 5.10 Å². The van der Waals surface area contributed by atoms with Crippen LogP contribution in [-0.4, -0.2) is 60.1 Å². The van der Waals surface area contributed by atoms with Gasteiger partial charge in [-0.3, -0.25) is 14.9 Å². The second-order valence-electron chi connectivity index (χ2n) is 8.26. The first-order valence-electron chi connectivity index (χ1n) is 10.9. The van der Waals surface area contributed by atoms with Crippen molar-refractivity contribution in [2.75, 3.05) is 38.7 Å². The van der Waals surface area contributed by atoms with E-state index >= 15 is 0 Å². The number of carbonyl (C=O) groups is 1. The van der Waals surface area contributed by atoms with Gasteiger partial charge in [-0.1, -0.05) is 18.2 Å². The number of likely N-dealkylation sites (tertiary alicyclic amines) is 1. The van der Waals surface area contributed by atoms with Crippen LogP contribution in [0, 0.1) is 17.5 Å². The number of anilines is 1. The van der Waals surface area contributed by atoms with Gasteiger partial charge in [-0.05, 0) is 29.8 Å². The second kappa shape index (κ2) is 10.3. The number of hydrogen-bond acceptors (Lipinski definition) is 4. The standard InChI is InChI=1S/C24H26F3N5O2/c1-31-23(12-21(30-31)16-5-3-4-6-18(16)25)29-24(33)28-22-14-32(9-10-34-2)13-17(22)15-7-8-19(26)20(27)11-15/h3-8,11-12,17,22H,9-10,13-14H2,1-2H3,(H2,28,29,33)/t17-,22+/m0/s1. The molecule has 0 radical (unpaired) electrons. The number of halogens is 3. The molecule has 1 saturated heterocycles. The Morgan fingerprint density at radius 2 is 1.88 bits per heavy atom. The minimum Gasteiger partial charge on any atom is -0.383 e. The number of carbonyl (C=O) groups excluding carboxylic acids is 1. The number of hydrogen-bond donors (Lipinski definition) is 2. The summed E-state index contributed by atoms with van der Waals surface area (Å²) in [5.74, 6) is -2.10. The normalized spacial score (nSPS) is 18.3. The van der Waals surface area contributed by atoms with Gasteiger partial charge < -0.3 is 10.1 Å². The van der Waals surface area contributed by atoms with Crippen LogP contribution in [0.5, 0.6) is 0 Å². The van der Waals surface area contributed by atoms with Crippen molar-refractivity contribution in [3.8, 4) is 11.3 Å². The van der Waals surface area contributed by atoms with Crippen molar-refractivity contribution in [3.63, 3.8) is 0 Å². The van der Waals surface area contributed by atoms with E-state index in [2.05, 4.69) is 20.6 Å². The van der Waals surface area contributed by atoms with Gasteiger partial charge in [-0.15, -0.1) is 0 Å². The molecule has 180 valence electrons. The summed E-state index contributed by atoms with van der Waals surface area (Å²) in [7, 11) is 3.25. The van der Waals surface area contributed by atoms with Gasteiger partial charge in [-0.25, -0.2) is 18.0 Å². The van der Waals surface area contributed by atoms with E-state index < -0.39 is 23.5 Å². The SMILES string of the molecule is COCCN1C[C@@H](NC(=O)Nc2cc(-c3ccccc3F)nn2C)[C@H](c2ccc(F)c(F)c2)C1. The molecule has 1 fully saturated rings. The zero-order chi connectivity index (χ0) is 24.2. The van der Waals surface area contributed by atoms with Crippen LogP contribution in [-0.2, 0) is 11.8 Å². The first-order chi connectivity index (χ1) is 16.4. The van der Waals surface area contributed by atoms with Gasteiger partial charge in [0, 0.05) is 51.3 Å². The molecule has 2 amide bonds. The van der Waals surface area contributed by atoms with Crippen molar-refractivity contribution in [1.82, 2.24) is 20.0 Å². The maximum Gasteiger partial charge on any atom is 0.320 e.